The molecular formula is C20H24Si. The standard InChI is InChI=1S/C20H24Si/c1-5-9-17-11-7-13-19(15-17)21(3,4)20-14-8-12-18(16-20)10-6-2/h5-8,11-16H,1-2,9-10H2,3-4H3. The molecule has 0 amide bonds. The van der Waals surface area contributed by atoms with Crippen molar-refractivity contribution >= 4 is 18.4 Å². The lowest BCUT2D eigenvalue weighted by Crippen LogP contribution is -2.53. The summed E-state index contributed by atoms with van der Waals surface area (Å²) in [5, 5.41) is 2.97. The molecule has 0 fully saturated rings. The van der Waals surface area contributed by atoms with Gasteiger partial charge in [0, 0.05) is 0 Å². The lowest BCUT2D eigenvalue weighted by Gasteiger charge is -2.25. The normalized spacial score (nSPS) is 11.1. The first-order chi connectivity index (χ1) is 10.1. The molecular weight excluding hydrogens is 268 g/mol. The lowest BCUT2D eigenvalue weighted by atomic mass is 10.1. The quantitative estimate of drug-likeness (QED) is 0.558. The summed E-state index contributed by atoms with van der Waals surface area (Å²) in [7, 11) is -1.64. The Hall–Kier alpha value is -1.86. The predicted octanol–water partition coefficient (Wildman–Crippen LogP) is 3.97. The average Bonchev–Trinajstić information content (AvgIpc) is 2.48. The van der Waals surface area contributed by atoms with E-state index in [1.54, 1.807) is 0 Å². The van der Waals surface area contributed by atoms with E-state index < -0.39 is 8.07 Å². The van der Waals surface area contributed by atoms with Gasteiger partial charge in [0.2, 0.25) is 0 Å². The van der Waals surface area contributed by atoms with Gasteiger partial charge in [-0.05, 0) is 24.0 Å². The Bertz CT molecular complexity index is 582. The highest BCUT2D eigenvalue weighted by Crippen LogP contribution is 2.10. The van der Waals surface area contributed by atoms with E-state index in [2.05, 4.69) is 74.8 Å². The molecule has 108 valence electrons. The first-order valence-corrected chi connectivity index (χ1v) is 10.5. The summed E-state index contributed by atoms with van der Waals surface area (Å²) in [6.45, 7) is 12.5. The van der Waals surface area contributed by atoms with Crippen LogP contribution in [-0.2, 0) is 12.8 Å². The van der Waals surface area contributed by atoms with Crippen molar-refractivity contribution in [2.75, 3.05) is 0 Å². The monoisotopic (exact) mass is 292 g/mol. The molecule has 0 spiro atoms. The van der Waals surface area contributed by atoms with E-state index >= 15 is 0 Å². The fourth-order valence-corrected chi connectivity index (χ4v) is 5.13. The fourth-order valence-electron chi connectivity index (χ4n) is 2.67. The summed E-state index contributed by atoms with van der Waals surface area (Å²) < 4.78 is 0. The number of hydrogen-bond donors (Lipinski definition) is 0. The van der Waals surface area contributed by atoms with Crippen LogP contribution in [0.2, 0.25) is 13.1 Å². The highest BCUT2D eigenvalue weighted by molar-refractivity contribution is 7.00. The van der Waals surface area contributed by atoms with Crippen LogP contribution in [-0.4, -0.2) is 8.07 Å². The van der Waals surface area contributed by atoms with Crippen molar-refractivity contribution in [3.05, 3.63) is 85.0 Å². The largest absolute Gasteiger partial charge is 0.112 e. The van der Waals surface area contributed by atoms with Gasteiger partial charge < -0.3 is 0 Å². The summed E-state index contributed by atoms with van der Waals surface area (Å²) in [4.78, 5) is 0. The number of allylic oxidation sites excluding steroid dienone is 2. The van der Waals surface area contributed by atoms with Gasteiger partial charge in [-0.2, -0.15) is 0 Å². The van der Waals surface area contributed by atoms with Crippen LogP contribution < -0.4 is 10.4 Å². The first kappa shape index (κ1) is 15.5. The van der Waals surface area contributed by atoms with E-state index in [1.807, 2.05) is 12.2 Å². The van der Waals surface area contributed by atoms with Crippen LogP contribution in [0, 0.1) is 0 Å². The highest BCUT2D eigenvalue weighted by Gasteiger charge is 2.26. The van der Waals surface area contributed by atoms with Crippen LogP contribution >= 0.6 is 0 Å². The molecule has 1 heteroatoms. The molecule has 0 aliphatic rings. The van der Waals surface area contributed by atoms with Crippen LogP contribution in [0.1, 0.15) is 11.1 Å². The lowest BCUT2D eigenvalue weighted by molar-refractivity contribution is 1.28. The maximum atomic E-state index is 3.84. The molecule has 0 saturated heterocycles. The molecule has 0 bridgehead atoms. The van der Waals surface area contributed by atoms with Gasteiger partial charge in [0.25, 0.3) is 0 Å². The molecule has 21 heavy (non-hydrogen) atoms. The Morgan fingerprint density at radius 3 is 1.62 bits per heavy atom. The Kier molecular flexibility index (Phi) is 4.97. The van der Waals surface area contributed by atoms with Crippen molar-refractivity contribution in [2.24, 2.45) is 0 Å². The number of hydrogen-bond acceptors (Lipinski definition) is 0. The van der Waals surface area contributed by atoms with E-state index in [-0.39, 0.29) is 0 Å². The third-order valence-electron chi connectivity index (χ3n) is 4.06. The Labute approximate surface area is 129 Å². The zero-order valence-electron chi connectivity index (χ0n) is 13.1. The third kappa shape index (κ3) is 3.62. The van der Waals surface area contributed by atoms with Gasteiger partial charge in [-0.15, -0.1) is 13.2 Å². The molecule has 0 aliphatic carbocycles. The average molecular weight is 292 g/mol. The van der Waals surface area contributed by atoms with E-state index in [9.17, 15) is 0 Å². The first-order valence-electron chi connectivity index (χ1n) is 7.48. The predicted molar refractivity (Wildman–Crippen MR) is 97.4 cm³/mol. The van der Waals surface area contributed by atoms with Gasteiger partial charge in [0.15, 0.2) is 0 Å². The van der Waals surface area contributed by atoms with Crippen LogP contribution in [0.15, 0.2) is 73.8 Å². The SMILES string of the molecule is C=CCc1cccc([Si](C)(C)c2cccc(CC=C)c2)c1. The summed E-state index contributed by atoms with van der Waals surface area (Å²) in [6, 6.07) is 18.0. The van der Waals surface area contributed by atoms with Gasteiger partial charge in [-0.1, -0.05) is 84.2 Å². The molecule has 2 rings (SSSR count). The van der Waals surface area contributed by atoms with Gasteiger partial charge in [-0.25, -0.2) is 0 Å². The molecule has 2 aromatic carbocycles. The topological polar surface area (TPSA) is 0 Å². The third-order valence-corrected chi connectivity index (χ3v) is 7.57. The van der Waals surface area contributed by atoms with Gasteiger partial charge >= 0.3 is 0 Å². The minimum atomic E-state index is -1.64. The molecule has 0 nitrogen and oxygen atoms in total. The second-order valence-electron chi connectivity index (χ2n) is 6.01. The number of benzene rings is 2. The van der Waals surface area contributed by atoms with Crippen molar-refractivity contribution in [1.82, 2.24) is 0 Å². The van der Waals surface area contributed by atoms with Crippen molar-refractivity contribution in [2.45, 2.75) is 25.9 Å². The molecule has 0 unspecified atom stereocenters. The van der Waals surface area contributed by atoms with E-state index in [4.69, 9.17) is 0 Å². The maximum Gasteiger partial charge on any atom is 0.112 e. The van der Waals surface area contributed by atoms with Crippen LogP contribution in [0.25, 0.3) is 0 Å². The molecule has 0 N–H and O–H groups in total. The summed E-state index contributed by atoms with van der Waals surface area (Å²) in [5.74, 6) is 0. The maximum absolute atomic E-state index is 3.84. The Morgan fingerprint density at radius 2 is 1.24 bits per heavy atom. The molecule has 0 heterocycles. The highest BCUT2D eigenvalue weighted by atomic mass is 28.3. The molecule has 0 atom stereocenters. The Morgan fingerprint density at radius 1 is 0.810 bits per heavy atom. The Balaban J connectivity index is 2.40. The van der Waals surface area contributed by atoms with E-state index in [0.717, 1.165) is 12.8 Å². The van der Waals surface area contributed by atoms with Gasteiger partial charge in [0.05, 0.1) is 0 Å². The van der Waals surface area contributed by atoms with Crippen molar-refractivity contribution in [3.63, 3.8) is 0 Å². The van der Waals surface area contributed by atoms with Crippen molar-refractivity contribution in [3.8, 4) is 0 Å². The summed E-state index contributed by atoms with van der Waals surface area (Å²) >= 11 is 0. The summed E-state index contributed by atoms with van der Waals surface area (Å²) in [5.41, 5.74) is 2.70. The molecule has 0 radical (unpaired) electrons. The minimum absolute atomic E-state index is 0.939. The van der Waals surface area contributed by atoms with Crippen LogP contribution in [0.3, 0.4) is 0 Å². The van der Waals surface area contributed by atoms with Gasteiger partial charge in [-0.3, -0.25) is 0 Å². The molecule has 0 saturated carbocycles. The van der Waals surface area contributed by atoms with E-state index in [0.29, 0.717) is 0 Å². The number of rotatable bonds is 6. The van der Waals surface area contributed by atoms with E-state index in [1.165, 1.54) is 21.5 Å². The van der Waals surface area contributed by atoms with Crippen LogP contribution in [0.4, 0.5) is 0 Å². The fraction of sp³-hybridized carbons (Fsp3) is 0.200. The van der Waals surface area contributed by atoms with Crippen molar-refractivity contribution < 1.29 is 0 Å². The van der Waals surface area contributed by atoms with Crippen molar-refractivity contribution in [1.29, 1.82) is 0 Å². The van der Waals surface area contributed by atoms with Crippen LogP contribution in [0.5, 0.6) is 0 Å². The molecule has 0 aromatic heterocycles. The zero-order chi connectivity index (χ0) is 15.3. The van der Waals surface area contributed by atoms with Gasteiger partial charge in [0.1, 0.15) is 8.07 Å². The second-order valence-corrected chi connectivity index (χ2v) is 10.4. The zero-order valence-corrected chi connectivity index (χ0v) is 14.1. The molecule has 0 aliphatic heterocycles. The minimum Gasteiger partial charge on any atom is -0.103 e. The summed E-state index contributed by atoms with van der Waals surface area (Å²) in [6.07, 6.45) is 5.82. The second kappa shape index (κ2) is 6.73. The smallest absolute Gasteiger partial charge is 0.103 e. The molecule has 2 aromatic rings.